The van der Waals surface area contributed by atoms with Gasteiger partial charge in [0.1, 0.15) is 23.4 Å². The van der Waals surface area contributed by atoms with Crippen LogP contribution >= 0.6 is 0 Å². The van der Waals surface area contributed by atoms with E-state index in [9.17, 15) is 24.6 Å². The van der Waals surface area contributed by atoms with Gasteiger partial charge in [-0.15, -0.1) is 0 Å². The van der Waals surface area contributed by atoms with Gasteiger partial charge in [0.15, 0.2) is 0 Å². The fourth-order valence-corrected chi connectivity index (χ4v) is 6.22. The molecular weight excluding hydrogens is 484 g/mol. The lowest BCUT2D eigenvalue weighted by Crippen LogP contribution is -2.55. The van der Waals surface area contributed by atoms with E-state index in [0.29, 0.717) is 43.7 Å². The van der Waals surface area contributed by atoms with Crippen molar-refractivity contribution in [3.63, 3.8) is 0 Å². The number of aromatic hydroxyl groups is 1. The fraction of sp³-hybridized carbons (Fsp3) is 0.700. The van der Waals surface area contributed by atoms with Crippen LogP contribution in [0, 0.1) is 16.7 Å². The van der Waals surface area contributed by atoms with Crippen molar-refractivity contribution in [1.82, 2.24) is 10.2 Å². The smallest absolute Gasteiger partial charge is 0.329 e. The highest BCUT2D eigenvalue weighted by Crippen LogP contribution is 2.57. The Morgan fingerprint density at radius 3 is 2.32 bits per heavy atom. The summed E-state index contributed by atoms with van der Waals surface area (Å²) in [4.78, 5) is 41.0. The van der Waals surface area contributed by atoms with E-state index in [0.717, 1.165) is 19.3 Å². The number of nitrogens with one attached hydrogen (secondary N) is 1. The second-order valence-corrected chi connectivity index (χ2v) is 12.9. The van der Waals surface area contributed by atoms with Crippen molar-refractivity contribution in [3.8, 4) is 5.75 Å². The van der Waals surface area contributed by atoms with Gasteiger partial charge in [-0.05, 0) is 86.3 Å². The zero-order chi connectivity index (χ0) is 27.9. The third-order valence-corrected chi connectivity index (χ3v) is 9.79. The summed E-state index contributed by atoms with van der Waals surface area (Å²) in [5.74, 6) is -0.673. The highest BCUT2D eigenvalue weighted by Gasteiger charge is 2.56. The van der Waals surface area contributed by atoms with Gasteiger partial charge >= 0.3 is 5.97 Å². The number of phenols is 1. The Kier molecular flexibility index (Phi) is 7.86. The first-order valence-corrected chi connectivity index (χ1v) is 14.1. The lowest BCUT2D eigenvalue weighted by Gasteiger charge is -2.40. The second kappa shape index (κ2) is 10.5. The SMILES string of the molecule is CC(CC1CCC(C)(C)C1(C)C)OC(=O)C1CCCN1C(=O)C1(NC(=O)C(O)Cc2ccc(O)cc2)CC1. The second-order valence-electron chi connectivity index (χ2n) is 12.9. The number of esters is 1. The molecule has 4 unspecified atom stereocenters. The fourth-order valence-electron chi connectivity index (χ4n) is 6.22. The number of ether oxygens (including phenoxy) is 1. The average Bonchev–Trinajstić information content (AvgIpc) is 3.39. The van der Waals surface area contributed by atoms with E-state index in [1.807, 2.05) is 6.92 Å². The van der Waals surface area contributed by atoms with Crippen LogP contribution in [0.2, 0.25) is 0 Å². The van der Waals surface area contributed by atoms with Crippen molar-refractivity contribution in [2.75, 3.05) is 6.54 Å². The Morgan fingerprint density at radius 2 is 1.74 bits per heavy atom. The molecule has 1 saturated heterocycles. The summed E-state index contributed by atoms with van der Waals surface area (Å²) in [7, 11) is 0. The predicted octanol–water partition coefficient (Wildman–Crippen LogP) is 3.72. The number of nitrogens with zero attached hydrogens (tertiary/aromatic N) is 1. The van der Waals surface area contributed by atoms with Crippen LogP contribution in [0.4, 0.5) is 0 Å². The van der Waals surface area contributed by atoms with Crippen LogP contribution in [0.3, 0.4) is 0 Å². The summed E-state index contributed by atoms with van der Waals surface area (Å²) >= 11 is 0. The molecule has 3 fully saturated rings. The first-order chi connectivity index (χ1) is 17.8. The Morgan fingerprint density at radius 1 is 1.08 bits per heavy atom. The highest BCUT2D eigenvalue weighted by molar-refractivity contribution is 5.97. The number of hydrogen-bond donors (Lipinski definition) is 3. The molecule has 1 heterocycles. The summed E-state index contributed by atoms with van der Waals surface area (Å²) in [6, 6.07) is 5.62. The van der Waals surface area contributed by atoms with Crippen LogP contribution in [0.5, 0.6) is 5.75 Å². The molecule has 4 rings (SSSR count). The number of rotatable bonds is 9. The number of carbonyl (C=O) groups excluding carboxylic acids is 3. The van der Waals surface area contributed by atoms with Gasteiger partial charge in [-0.25, -0.2) is 4.79 Å². The molecule has 0 bridgehead atoms. The van der Waals surface area contributed by atoms with Crippen LogP contribution in [0.25, 0.3) is 0 Å². The third-order valence-electron chi connectivity index (χ3n) is 9.79. The van der Waals surface area contributed by atoms with Gasteiger partial charge < -0.3 is 25.2 Å². The largest absolute Gasteiger partial charge is 0.508 e. The quantitative estimate of drug-likeness (QED) is 0.421. The number of hydrogen-bond acceptors (Lipinski definition) is 6. The first kappa shape index (κ1) is 28.4. The monoisotopic (exact) mass is 528 g/mol. The predicted molar refractivity (Wildman–Crippen MR) is 143 cm³/mol. The minimum Gasteiger partial charge on any atom is -0.508 e. The number of carbonyl (C=O) groups is 3. The zero-order valence-corrected chi connectivity index (χ0v) is 23.5. The van der Waals surface area contributed by atoms with Gasteiger partial charge in [0.2, 0.25) is 11.8 Å². The first-order valence-electron chi connectivity index (χ1n) is 14.1. The van der Waals surface area contributed by atoms with E-state index < -0.39 is 23.6 Å². The summed E-state index contributed by atoms with van der Waals surface area (Å²) in [6.45, 7) is 11.6. The molecule has 3 aliphatic rings. The molecule has 1 aromatic carbocycles. The molecule has 8 nitrogen and oxygen atoms in total. The van der Waals surface area contributed by atoms with Crippen molar-refractivity contribution in [2.24, 2.45) is 16.7 Å². The summed E-state index contributed by atoms with van der Waals surface area (Å²) in [5.41, 5.74) is 0.0343. The van der Waals surface area contributed by atoms with E-state index in [1.165, 1.54) is 12.1 Å². The van der Waals surface area contributed by atoms with Gasteiger partial charge in [0.25, 0.3) is 0 Å². The molecule has 0 radical (unpaired) electrons. The van der Waals surface area contributed by atoms with Crippen molar-refractivity contribution in [2.45, 2.75) is 110 Å². The van der Waals surface area contributed by atoms with Gasteiger partial charge in [-0.1, -0.05) is 39.8 Å². The number of amides is 2. The van der Waals surface area contributed by atoms with Crippen LogP contribution in [0.15, 0.2) is 24.3 Å². The third kappa shape index (κ3) is 5.70. The number of likely N-dealkylation sites (tertiary alicyclic amines) is 1. The summed E-state index contributed by atoms with van der Waals surface area (Å²) in [6.07, 6.45) is 3.81. The van der Waals surface area contributed by atoms with Crippen molar-refractivity contribution < 1.29 is 29.3 Å². The molecule has 2 amide bonds. The zero-order valence-electron chi connectivity index (χ0n) is 23.5. The minimum atomic E-state index is -1.32. The van der Waals surface area contributed by atoms with E-state index in [2.05, 4.69) is 33.0 Å². The van der Waals surface area contributed by atoms with E-state index in [-0.39, 0.29) is 41.0 Å². The number of aliphatic hydroxyl groups is 1. The lowest BCUT2D eigenvalue weighted by molar-refractivity contribution is -0.159. The molecule has 0 aromatic heterocycles. The topological polar surface area (TPSA) is 116 Å². The van der Waals surface area contributed by atoms with Gasteiger partial charge in [-0.3, -0.25) is 9.59 Å². The van der Waals surface area contributed by atoms with Crippen molar-refractivity contribution >= 4 is 17.8 Å². The molecule has 8 heteroatoms. The van der Waals surface area contributed by atoms with Crippen molar-refractivity contribution in [3.05, 3.63) is 29.8 Å². The number of phenolic OH excluding ortho intramolecular Hbond substituents is 1. The molecule has 38 heavy (non-hydrogen) atoms. The molecule has 2 aliphatic carbocycles. The summed E-state index contributed by atoms with van der Waals surface area (Å²) in [5, 5.41) is 22.6. The normalized spacial score (nSPS) is 26.4. The van der Waals surface area contributed by atoms with Gasteiger partial charge in [-0.2, -0.15) is 0 Å². The molecule has 3 N–H and O–H groups in total. The van der Waals surface area contributed by atoms with Gasteiger partial charge in [0, 0.05) is 13.0 Å². The van der Waals surface area contributed by atoms with E-state index >= 15 is 0 Å². The van der Waals surface area contributed by atoms with Crippen LogP contribution in [0.1, 0.15) is 85.1 Å². The standard InChI is InChI=1S/C30H44N2O6/c1-19(17-21-12-13-28(2,3)29(21,4)5)38-26(36)23-7-6-16-32(23)27(37)30(14-15-30)31-25(35)24(34)18-20-8-10-22(33)11-9-20/h8-11,19,21,23-24,33-34H,6-7,12-18H2,1-5H3,(H,31,35). The Bertz CT molecular complexity index is 1050. The minimum absolute atomic E-state index is 0.0713. The van der Waals surface area contributed by atoms with E-state index in [1.54, 1.807) is 17.0 Å². The maximum absolute atomic E-state index is 13.5. The van der Waals surface area contributed by atoms with Crippen LogP contribution in [-0.4, -0.2) is 63.2 Å². The molecule has 1 aliphatic heterocycles. The Hall–Kier alpha value is -2.61. The Balaban J connectivity index is 1.32. The number of benzene rings is 1. The Labute approximate surface area is 226 Å². The lowest BCUT2D eigenvalue weighted by atomic mass is 9.66. The molecule has 2 saturated carbocycles. The average molecular weight is 529 g/mol. The molecule has 210 valence electrons. The molecular formula is C30H44N2O6. The molecule has 1 aromatic rings. The maximum Gasteiger partial charge on any atom is 0.329 e. The summed E-state index contributed by atoms with van der Waals surface area (Å²) < 4.78 is 5.89. The molecule has 0 spiro atoms. The number of aliphatic hydroxyl groups excluding tert-OH is 1. The van der Waals surface area contributed by atoms with E-state index in [4.69, 9.17) is 4.74 Å². The van der Waals surface area contributed by atoms with Crippen LogP contribution in [-0.2, 0) is 25.5 Å². The van der Waals surface area contributed by atoms with Crippen molar-refractivity contribution in [1.29, 1.82) is 0 Å². The van der Waals surface area contributed by atoms with Crippen LogP contribution < -0.4 is 5.32 Å². The molecule has 4 atom stereocenters. The van der Waals surface area contributed by atoms with Gasteiger partial charge in [0.05, 0.1) is 6.10 Å². The maximum atomic E-state index is 13.5. The highest BCUT2D eigenvalue weighted by atomic mass is 16.5.